The Morgan fingerprint density at radius 2 is 1.17 bits per heavy atom. The van der Waals surface area contributed by atoms with E-state index in [1.165, 1.54) is 17.7 Å². The van der Waals surface area contributed by atoms with Crippen LogP contribution in [0.5, 0.6) is 0 Å². The molecule has 11 aromatic rings. The summed E-state index contributed by atoms with van der Waals surface area (Å²) >= 11 is 1.49. The molecule has 0 bridgehead atoms. The van der Waals surface area contributed by atoms with Crippen molar-refractivity contribution < 1.29 is 9.32 Å². The van der Waals surface area contributed by atoms with Gasteiger partial charge in [0.05, 0.1) is 45.5 Å². The number of nitrogens with two attached hydrogens (primary N) is 1. The van der Waals surface area contributed by atoms with Gasteiger partial charge in [-0.3, -0.25) is 19.7 Å². The van der Waals surface area contributed by atoms with Crippen molar-refractivity contribution in [1.29, 1.82) is 0 Å². The van der Waals surface area contributed by atoms with Crippen molar-refractivity contribution in [1.82, 2.24) is 52.6 Å². The second kappa shape index (κ2) is 17.7. The van der Waals surface area contributed by atoms with Crippen LogP contribution in [0.4, 0.5) is 0 Å². The largest absolute Gasteiger partial charge is 0.404 e. The lowest BCUT2D eigenvalue weighted by molar-refractivity contribution is 0.105. The molecule has 15 heteroatoms. The summed E-state index contributed by atoms with van der Waals surface area (Å²) in [4.78, 5) is 39.9. The van der Waals surface area contributed by atoms with Gasteiger partial charge in [0.15, 0.2) is 11.5 Å². The number of imidazole rings is 3. The third-order valence-corrected chi connectivity index (χ3v) is 10.8. The summed E-state index contributed by atoms with van der Waals surface area (Å²) in [7, 11) is 0. The minimum atomic E-state index is -0.161. The summed E-state index contributed by atoms with van der Waals surface area (Å²) in [6.45, 7) is 5.84. The standard InChI is InChI=1S/C16H12N4O.C16H14N4O.C16H12N4S/c1-11-3-2-4-14(19-11)13-9-18-21-16(13)12-5-6-15-17-7-8-20(15)10-12;1-11-3-2-4-14(19-11)13(9-17)16(21)12-5-6-15-18-7-8-20(15)10-12;1-11-3-2-4-14(19-11)13-9-18-21-16(13)12-5-6-15-17-7-8-20(15)10-12/h2-10H,1H3;2-10H,17H2,1H3;2-10H,1H3/b;13-9-;. The van der Waals surface area contributed by atoms with Gasteiger partial charge >= 0.3 is 0 Å². The van der Waals surface area contributed by atoms with E-state index in [0.717, 1.165) is 72.5 Å². The van der Waals surface area contributed by atoms with Crippen molar-refractivity contribution in [2.45, 2.75) is 20.8 Å². The Morgan fingerprint density at radius 3 is 1.79 bits per heavy atom. The van der Waals surface area contributed by atoms with Crippen molar-refractivity contribution in [2.24, 2.45) is 5.73 Å². The highest BCUT2D eigenvalue weighted by atomic mass is 32.1. The molecule has 0 atom stereocenters. The first-order valence-electron chi connectivity index (χ1n) is 19.8. The molecule has 0 aliphatic heterocycles. The number of fused-ring (bicyclic) bond motifs is 3. The summed E-state index contributed by atoms with van der Waals surface area (Å²) in [6, 6.07) is 29.0. The second-order valence-electron chi connectivity index (χ2n) is 14.4. The number of Topliss-reactive ketones (excluding diaryl/α,β-unsaturated/α-hetero) is 1. The number of carbonyl (C=O) groups excluding carboxylic acids is 1. The minimum Gasteiger partial charge on any atom is -0.404 e. The van der Waals surface area contributed by atoms with Crippen LogP contribution in [-0.4, -0.2) is 58.4 Å². The maximum Gasteiger partial charge on any atom is 0.198 e. The molecule has 2 N–H and O–H groups in total. The molecular weight excluding hydrogens is 809 g/mol. The van der Waals surface area contributed by atoms with Gasteiger partial charge in [0, 0.05) is 101 Å². The Balaban J connectivity index is 0.000000120. The summed E-state index contributed by atoms with van der Waals surface area (Å²) in [5, 5.41) is 3.93. The highest BCUT2D eigenvalue weighted by molar-refractivity contribution is 7.10. The lowest BCUT2D eigenvalue weighted by Crippen LogP contribution is -2.08. The number of aromatic nitrogens is 11. The fourth-order valence-corrected chi connectivity index (χ4v) is 7.68. The molecule has 11 aromatic heterocycles. The summed E-state index contributed by atoms with van der Waals surface area (Å²) in [5.74, 6) is 0.551. The van der Waals surface area contributed by atoms with Gasteiger partial charge < -0.3 is 23.5 Å². The quantitative estimate of drug-likeness (QED) is 0.120. The Morgan fingerprint density at radius 1 is 0.619 bits per heavy atom. The molecular formula is C48H38N12O2S. The van der Waals surface area contributed by atoms with Crippen LogP contribution in [0.3, 0.4) is 0 Å². The molecule has 0 aromatic carbocycles. The highest BCUT2D eigenvalue weighted by Gasteiger charge is 2.17. The van der Waals surface area contributed by atoms with E-state index in [2.05, 4.69) is 51.7 Å². The van der Waals surface area contributed by atoms with Crippen molar-refractivity contribution in [2.75, 3.05) is 0 Å². The smallest absolute Gasteiger partial charge is 0.198 e. The molecule has 0 unspecified atom stereocenters. The highest BCUT2D eigenvalue weighted by Crippen LogP contribution is 2.35. The van der Waals surface area contributed by atoms with Gasteiger partial charge in [-0.1, -0.05) is 23.4 Å². The third-order valence-electron chi connectivity index (χ3n) is 10.00. The van der Waals surface area contributed by atoms with Crippen molar-refractivity contribution in [3.63, 3.8) is 0 Å². The lowest BCUT2D eigenvalue weighted by atomic mass is 10.0. The number of nitrogens with zero attached hydrogens (tertiary/aromatic N) is 11. The molecule has 0 saturated carbocycles. The summed E-state index contributed by atoms with van der Waals surface area (Å²) < 4.78 is 15.6. The first-order valence-corrected chi connectivity index (χ1v) is 20.6. The summed E-state index contributed by atoms with van der Waals surface area (Å²) in [6.07, 6.45) is 21.6. The monoisotopic (exact) mass is 846 g/mol. The maximum atomic E-state index is 12.6. The first kappa shape index (κ1) is 40.0. The van der Waals surface area contributed by atoms with Crippen LogP contribution in [-0.2, 0) is 0 Å². The van der Waals surface area contributed by atoms with Gasteiger partial charge in [0.1, 0.15) is 16.9 Å². The second-order valence-corrected chi connectivity index (χ2v) is 15.2. The SMILES string of the molecule is Cc1cccc(-c2cnoc2-c2ccc3nccn3c2)n1.Cc1cccc(-c2cnsc2-c2ccc3nccn3c2)n1.Cc1cccc(/C(=C/N)C(=O)c2ccc3nccn3c2)n1. The number of aryl methyl sites for hydroxylation is 3. The van der Waals surface area contributed by atoms with Crippen LogP contribution in [0.25, 0.3) is 66.8 Å². The van der Waals surface area contributed by atoms with E-state index in [1.807, 2.05) is 121 Å². The fourth-order valence-electron chi connectivity index (χ4n) is 6.94. The molecule has 0 fully saturated rings. The topological polar surface area (TPSA) is 173 Å². The normalized spacial score (nSPS) is 11.3. The maximum absolute atomic E-state index is 12.6. The van der Waals surface area contributed by atoms with Gasteiger partial charge in [0.2, 0.25) is 0 Å². The predicted octanol–water partition coefficient (Wildman–Crippen LogP) is 9.41. The van der Waals surface area contributed by atoms with Gasteiger partial charge in [-0.2, -0.15) is 4.37 Å². The van der Waals surface area contributed by atoms with Crippen molar-refractivity contribution >= 4 is 39.8 Å². The zero-order valence-electron chi connectivity index (χ0n) is 34.3. The number of ketones is 1. The lowest BCUT2D eigenvalue weighted by Gasteiger charge is -2.07. The van der Waals surface area contributed by atoms with E-state index in [1.54, 1.807) is 59.8 Å². The van der Waals surface area contributed by atoms with E-state index < -0.39 is 0 Å². The Hall–Kier alpha value is -8.43. The van der Waals surface area contributed by atoms with Crippen LogP contribution in [0.2, 0.25) is 0 Å². The van der Waals surface area contributed by atoms with Crippen LogP contribution >= 0.6 is 11.5 Å². The van der Waals surface area contributed by atoms with Gasteiger partial charge in [0.25, 0.3) is 0 Å². The van der Waals surface area contributed by atoms with E-state index >= 15 is 0 Å². The average Bonchev–Trinajstić information content (AvgIpc) is 4.16. The molecule has 11 heterocycles. The molecule has 0 aliphatic rings. The Bertz CT molecular complexity index is 3260. The van der Waals surface area contributed by atoms with Gasteiger partial charge in [-0.05, 0) is 105 Å². The molecule has 11 rings (SSSR count). The molecule has 0 saturated heterocycles. The molecule has 0 aliphatic carbocycles. The predicted molar refractivity (Wildman–Crippen MR) is 244 cm³/mol. The van der Waals surface area contributed by atoms with E-state index in [4.69, 9.17) is 10.3 Å². The number of allylic oxidation sites excluding steroid dienone is 1. The van der Waals surface area contributed by atoms with Crippen molar-refractivity contribution in [3.05, 3.63) is 194 Å². The molecule has 63 heavy (non-hydrogen) atoms. The Labute approximate surface area is 364 Å². The van der Waals surface area contributed by atoms with Crippen LogP contribution < -0.4 is 5.73 Å². The van der Waals surface area contributed by atoms with Gasteiger partial charge in [-0.15, -0.1) is 0 Å². The molecule has 14 nitrogen and oxygen atoms in total. The van der Waals surface area contributed by atoms with Crippen LogP contribution in [0, 0.1) is 20.8 Å². The average molecular weight is 847 g/mol. The number of pyridine rings is 6. The third kappa shape index (κ3) is 8.62. The molecule has 0 radical (unpaired) electrons. The zero-order chi connectivity index (χ0) is 43.3. The van der Waals surface area contributed by atoms with Gasteiger partial charge in [-0.25, -0.2) is 15.0 Å². The minimum absolute atomic E-state index is 0.161. The number of rotatable bonds is 7. The molecule has 308 valence electrons. The summed E-state index contributed by atoms with van der Waals surface area (Å²) in [5.41, 5.74) is 18.4. The number of hydrogen-bond donors (Lipinski definition) is 1. The molecule has 0 amide bonds. The molecule has 0 spiro atoms. The van der Waals surface area contributed by atoms with E-state index in [0.29, 0.717) is 22.6 Å². The Kier molecular flexibility index (Phi) is 11.2. The first-order chi connectivity index (χ1) is 30.8. The fraction of sp³-hybridized carbons (Fsp3) is 0.0625. The van der Waals surface area contributed by atoms with E-state index in [-0.39, 0.29) is 5.78 Å². The number of hydrogen-bond acceptors (Lipinski definition) is 12. The van der Waals surface area contributed by atoms with E-state index in [9.17, 15) is 4.79 Å². The zero-order valence-corrected chi connectivity index (χ0v) is 35.1. The van der Waals surface area contributed by atoms with Crippen LogP contribution in [0.15, 0.2) is 170 Å². The van der Waals surface area contributed by atoms with Crippen molar-refractivity contribution in [3.8, 4) is 44.3 Å². The van der Waals surface area contributed by atoms with Crippen LogP contribution in [0.1, 0.15) is 33.1 Å². The number of carbonyl (C=O) groups is 1.